The van der Waals surface area contributed by atoms with E-state index >= 15 is 0 Å². The molecule has 1 nitrogen and oxygen atoms in total. The van der Waals surface area contributed by atoms with Crippen LogP contribution in [-0.4, -0.2) is 0 Å². The first-order chi connectivity index (χ1) is 8.16. The highest BCUT2D eigenvalue weighted by atomic mass is 35.5. The first-order valence-corrected chi connectivity index (χ1v) is 6.22. The van der Waals surface area contributed by atoms with Crippen molar-refractivity contribution in [3.05, 3.63) is 63.1 Å². The Morgan fingerprint density at radius 1 is 0.882 bits per heavy atom. The Labute approximate surface area is 115 Å². The molecule has 0 bridgehead atoms. The number of rotatable bonds is 3. The Hall–Kier alpha value is -0.890. The van der Waals surface area contributed by atoms with Gasteiger partial charge in [-0.3, -0.25) is 0 Å². The van der Waals surface area contributed by atoms with Crippen LogP contribution in [0.3, 0.4) is 0 Å². The van der Waals surface area contributed by atoms with E-state index in [1.807, 2.05) is 24.3 Å². The molecule has 0 heterocycles. The molecule has 2 aromatic carbocycles. The second kappa shape index (κ2) is 5.63. The van der Waals surface area contributed by atoms with E-state index in [-0.39, 0.29) is 0 Å². The third kappa shape index (κ3) is 3.29. The van der Waals surface area contributed by atoms with Crippen LogP contribution in [0, 0.1) is 0 Å². The van der Waals surface area contributed by atoms with Gasteiger partial charge in [0.2, 0.25) is 0 Å². The second-order valence-electron chi connectivity index (χ2n) is 3.57. The highest BCUT2D eigenvalue weighted by molar-refractivity contribution is 6.35. The second-order valence-corrected chi connectivity index (χ2v) is 4.82. The summed E-state index contributed by atoms with van der Waals surface area (Å²) < 4.78 is 0. The fourth-order valence-electron chi connectivity index (χ4n) is 1.47. The molecule has 2 rings (SSSR count). The molecule has 0 saturated carbocycles. The van der Waals surface area contributed by atoms with Crippen LogP contribution in [0.5, 0.6) is 0 Å². The molecule has 0 aliphatic rings. The van der Waals surface area contributed by atoms with Crippen LogP contribution in [0.4, 0.5) is 5.69 Å². The molecule has 0 radical (unpaired) electrons. The summed E-state index contributed by atoms with van der Waals surface area (Å²) in [5.74, 6) is 0. The van der Waals surface area contributed by atoms with Crippen molar-refractivity contribution >= 4 is 40.5 Å². The third-order valence-corrected chi connectivity index (χ3v) is 3.29. The molecule has 0 unspecified atom stereocenters. The van der Waals surface area contributed by atoms with Crippen molar-refractivity contribution in [1.29, 1.82) is 0 Å². The highest BCUT2D eigenvalue weighted by Gasteiger charge is 2.02. The molecule has 17 heavy (non-hydrogen) atoms. The molecule has 0 aliphatic carbocycles. The summed E-state index contributed by atoms with van der Waals surface area (Å²) in [4.78, 5) is 0. The van der Waals surface area contributed by atoms with Crippen LogP contribution < -0.4 is 5.32 Å². The number of hydrogen-bond donors (Lipinski definition) is 1. The van der Waals surface area contributed by atoms with Gasteiger partial charge in [-0.25, -0.2) is 0 Å². The van der Waals surface area contributed by atoms with Crippen molar-refractivity contribution in [3.63, 3.8) is 0 Å². The zero-order chi connectivity index (χ0) is 12.3. The van der Waals surface area contributed by atoms with Crippen molar-refractivity contribution in [2.75, 3.05) is 5.32 Å². The lowest BCUT2D eigenvalue weighted by Crippen LogP contribution is -2.00. The molecule has 2 aromatic rings. The number of nitrogens with one attached hydrogen (secondary N) is 1. The fourth-order valence-corrected chi connectivity index (χ4v) is 2.02. The van der Waals surface area contributed by atoms with Crippen molar-refractivity contribution in [3.8, 4) is 0 Å². The summed E-state index contributed by atoms with van der Waals surface area (Å²) in [6, 6.07) is 13.0. The van der Waals surface area contributed by atoms with Gasteiger partial charge in [-0.2, -0.15) is 0 Å². The number of benzene rings is 2. The minimum absolute atomic E-state index is 0.611. The van der Waals surface area contributed by atoms with Gasteiger partial charge >= 0.3 is 0 Å². The maximum Gasteiger partial charge on any atom is 0.0638 e. The largest absolute Gasteiger partial charge is 0.380 e. The fraction of sp³-hybridized carbons (Fsp3) is 0.0769. The average molecular weight is 287 g/mol. The van der Waals surface area contributed by atoms with E-state index in [1.54, 1.807) is 18.2 Å². The predicted molar refractivity (Wildman–Crippen MR) is 75.2 cm³/mol. The van der Waals surface area contributed by atoms with E-state index in [4.69, 9.17) is 34.8 Å². The molecule has 0 saturated heterocycles. The Kier molecular flexibility index (Phi) is 4.16. The molecule has 88 valence electrons. The quantitative estimate of drug-likeness (QED) is 0.811. The number of hydrogen-bond acceptors (Lipinski definition) is 1. The molecule has 1 N–H and O–H groups in total. The number of anilines is 1. The van der Waals surface area contributed by atoms with Crippen molar-refractivity contribution < 1.29 is 0 Å². The lowest BCUT2D eigenvalue weighted by molar-refractivity contribution is 1.15. The molecular weight excluding hydrogens is 277 g/mol. The Morgan fingerprint density at radius 2 is 1.65 bits per heavy atom. The molecule has 0 spiro atoms. The maximum absolute atomic E-state index is 6.06. The Balaban J connectivity index is 2.12. The van der Waals surface area contributed by atoms with Gasteiger partial charge in [0, 0.05) is 16.6 Å². The van der Waals surface area contributed by atoms with Gasteiger partial charge in [0.15, 0.2) is 0 Å². The van der Waals surface area contributed by atoms with Gasteiger partial charge in [0.1, 0.15) is 0 Å². The summed E-state index contributed by atoms with van der Waals surface area (Å²) in [5, 5.41) is 5.23. The third-order valence-electron chi connectivity index (χ3n) is 2.36. The van der Waals surface area contributed by atoms with Crippen LogP contribution in [0.15, 0.2) is 42.5 Å². The molecule has 0 fully saturated rings. The van der Waals surface area contributed by atoms with Crippen LogP contribution >= 0.6 is 34.8 Å². The smallest absolute Gasteiger partial charge is 0.0638 e. The molecule has 0 atom stereocenters. The van der Waals surface area contributed by atoms with Gasteiger partial charge in [-0.15, -0.1) is 0 Å². The summed E-state index contributed by atoms with van der Waals surface area (Å²) in [5.41, 5.74) is 1.82. The lowest BCUT2D eigenvalue weighted by Gasteiger charge is -2.09. The van der Waals surface area contributed by atoms with Crippen molar-refractivity contribution in [2.24, 2.45) is 0 Å². The van der Waals surface area contributed by atoms with E-state index in [2.05, 4.69) is 5.32 Å². The summed E-state index contributed by atoms with van der Waals surface area (Å²) >= 11 is 18.0. The molecular formula is C13H10Cl3N. The van der Waals surface area contributed by atoms with Crippen LogP contribution in [0.2, 0.25) is 15.1 Å². The summed E-state index contributed by atoms with van der Waals surface area (Å²) in [6.45, 7) is 0.611. The highest BCUT2D eigenvalue weighted by Crippen LogP contribution is 2.26. The van der Waals surface area contributed by atoms with E-state index in [9.17, 15) is 0 Å². The summed E-state index contributed by atoms with van der Waals surface area (Å²) in [7, 11) is 0. The van der Waals surface area contributed by atoms with Gasteiger partial charge in [-0.1, -0.05) is 53.0 Å². The van der Waals surface area contributed by atoms with Crippen LogP contribution in [-0.2, 0) is 6.54 Å². The predicted octanol–water partition coefficient (Wildman–Crippen LogP) is 5.26. The first kappa shape index (κ1) is 12.6. The minimum Gasteiger partial charge on any atom is -0.380 e. The Morgan fingerprint density at radius 3 is 2.41 bits per heavy atom. The SMILES string of the molecule is Clc1ccc(Cl)c(NCc2ccccc2Cl)c1. The molecule has 0 aromatic heterocycles. The first-order valence-electron chi connectivity index (χ1n) is 5.09. The van der Waals surface area contributed by atoms with E-state index < -0.39 is 0 Å². The topological polar surface area (TPSA) is 12.0 Å². The van der Waals surface area contributed by atoms with Crippen LogP contribution in [0.25, 0.3) is 0 Å². The van der Waals surface area contributed by atoms with Gasteiger partial charge in [-0.05, 0) is 29.8 Å². The minimum atomic E-state index is 0.611. The molecule has 0 aliphatic heterocycles. The monoisotopic (exact) mass is 285 g/mol. The van der Waals surface area contributed by atoms with Crippen molar-refractivity contribution in [1.82, 2.24) is 0 Å². The van der Waals surface area contributed by atoms with Gasteiger partial charge < -0.3 is 5.32 Å². The lowest BCUT2D eigenvalue weighted by atomic mass is 10.2. The molecule has 0 amide bonds. The van der Waals surface area contributed by atoms with E-state index in [0.717, 1.165) is 16.3 Å². The summed E-state index contributed by atoms with van der Waals surface area (Å²) in [6.07, 6.45) is 0. The standard InChI is InChI=1S/C13H10Cl3N/c14-10-5-6-12(16)13(7-10)17-8-9-3-1-2-4-11(9)15/h1-7,17H,8H2. The zero-order valence-corrected chi connectivity index (χ0v) is 11.2. The van der Waals surface area contributed by atoms with E-state index in [0.29, 0.717) is 16.6 Å². The average Bonchev–Trinajstić information content (AvgIpc) is 2.32. The van der Waals surface area contributed by atoms with Gasteiger partial charge in [0.05, 0.1) is 10.7 Å². The van der Waals surface area contributed by atoms with Gasteiger partial charge in [0.25, 0.3) is 0 Å². The molecule has 4 heteroatoms. The maximum atomic E-state index is 6.06. The van der Waals surface area contributed by atoms with E-state index in [1.165, 1.54) is 0 Å². The normalized spacial score (nSPS) is 10.3. The van der Waals surface area contributed by atoms with Crippen molar-refractivity contribution in [2.45, 2.75) is 6.54 Å². The Bertz CT molecular complexity index is 526. The zero-order valence-electron chi connectivity index (χ0n) is 8.88. The number of halogens is 3. The van der Waals surface area contributed by atoms with Crippen LogP contribution in [0.1, 0.15) is 5.56 Å².